The fraction of sp³-hybridized carbons (Fsp3) is 0.364. The number of nitrogens with one attached hydrogen (secondary N) is 1. The van der Waals surface area contributed by atoms with Gasteiger partial charge in [0.05, 0.1) is 28.4 Å². The summed E-state index contributed by atoms with van der Waals surface area (Å²) < 4.78 is 29.3. The van der Waals surface area contributed by atoms with Gasteiger partial charge in [0, 0.05) is 5.56 Å². The molecule has 0 atom stereocenters. The first kappa shape index (κ1) is 20.4. The van der Waals surface area contributed by atoms with E-state index in [1.54, 1.807) is 16.8 Å². The number of rotatable bonds is 5. The Morgan fingerprint density at radius 3 is 2.43 bits per heavy atom. The van der Waals surface area contributed by atoms with E-state index in [1.165, 1.54) is 19.4 Å². The molecule has 1 amide bonds. The minimum Gasteiger partial charge on any atom is -0.274 e. The van der Waals surface area contributed by atoms with E-state index >= 15 is 0 Å². The third-order valence-corrected chi connectivity index (χ3v) is 6.95. The summed E-state index contributed by atoms with van der Waals surface area (Å²) in [6, 6.07) is 14.5. The summed E-state index contributed by atoms with van der Waals surface area (Å²) in [6.07, 6.45) is 5.41. The summed E-state index contributed by atoms with van der Waals surface area (Å²) >= 11 is 0. The third-order valence-electron chi connectivity index (χ3n) is 5.69. The number of aromatic nitrogens is 2. The number of para-hydroxylation sites is 1. The highest BCUT2D eigenvalue weighted by molar-refractivity contribution is 7.90. The van der Waals surface area contributed by atoms with E-state index in [0.29, 0.717) is 5.39 Å². The van der Waals surface area contributed by atoms with Crippen LogP contribution in [0.4, 0.5) is 0 Å². The Morgan fingerprint density at radius 2 is 1.77 bits per heavy atom. The van der Waals surface area contributed by atoms with Crippen LogP contribution in [0.5, 0.6) is 0 Å². The van der Waals surface area contributed by atoms with Crippen molar-refractivity contribution in [1.82, 2.24) is 14.1 Å². The molecule has 0 aliphatic heterocycles. The highest BCUT2D eigenvalue weighted by Gasteiger charge is 2.24. The summed E-state index contributed by atoms with van der Waals surface area (Å²) in [5.74, 6) is -0.922. The van der Waals surface area contributed by atoms with Crippen LogP contribution >= 0.6 is 0 Å². The van der Waals surface area contributed by atoms with Crippen molar-refractivity contribution in [3.8, 4) is 5.69 Å². The molecular formula is C22H25N3O4S. The topological polar surface area (TPSA) is 90.2 Å². The van der Waals surface area contributed by atoms with Crippen LogP contribution in [0.3, 0.4) is 0 Å². The van der Waals surface area contributed by atoms with E-state index in [4.69, 9.17) is 0 Å². The lowest BCUT2D eigenvalue weighted by atomic mass is 9.95. The Kier molecular flexibility index (Phi) is 5.51. The van der Waals surface area contributed by atoms with E-state index in [1.807, 2.05) is 35.1 Å². The Hall–Kier alpha value is -2.87. The minimum absolute atomic E-state index is 0.151. The summed E-state index contributed by atoms with van der Waals surface area (Å²) in [6.45, 7) is 1.46. The van der Waals surface area contributed by atoms with E-state index < -0.39 is 15.9 Å². The second-order valence-electron chi connectivity index (χ2n) is 7.66. The van der Waals surface area contributed by atoms with Gasteiger partial charge in [0.2, 0.25) is 10.0 Å². The standard InChI is InChI=1S/C22H25N3O4S/c1-2-30(28,29)23-21(26)16-13-14-20-19(15-16)22(27)25(18-11-7-4-8-12-18)24(20)17-9-5-3-6-10-17/h4,7-8,11-15,17H,2-3,5-6,9-10H2,1H3,(H,23,26). The van der Waals surface area contributed by atoms with Crippen LogP contribution in [-0.4, -0.2) is 29.4 Å². The van der Waals surface area contributed by atoms with Gasteiger partial charge in [-0.3, -0.25) is 14.3 Å². The highest BCUT2D eigenvalue weighted by atomic mass is 32.2. The first-order valence-corrected chi connectivity index (χ1v) is 11.9. The summed E-state index contributed by atoms with van der Waals surface area (Å²) in [4.78, 5) is 25.8. The van der Waals surface area contributed by atoms with E-state index in [0.717, 1.165) is 36.9 Å². The quantitative estimate of drug-likeness (QED) is 0.676. The number of amides is 1. The molecule has 1 aliphatic carbocycles. The van der Waals surface area contributed by atoms with Crippen molar-refractivity contribution >= 4 is 26.8 Å². The fourth-order valence-electron chi connectivity index (χ4n) is 4.14. The van der Waals surface area contributed by atoms with Crippen molar-refractivity contribution in [1.29, 1.82) is 0 Å². The molecule has 1 aromatic heterocycles. The monoisotopic (exact) mass is 427 g/mol. The molecule has 0 unspecified atom stereocenters. The van der Waals surface area contributed by atoms with E-state index in [9.17, 15) is 18.0 Å². The molecule has 4 rings (SSSR count). The highest BCUT2D eigenvalue weighted by Crippen LogP contribution is 2.31. The minimum atomic E-state index is -3.68. The van der Waals surface area contributed by atoms with Gasteiger partial charge < -0.3 is 0 Å². The molecule has 158 valence electrons. The molecule has 1 fully saturated rings. The summed E-state index contributed by atoms with van der Waals surface area (Å²) in [5, 5.41) is 0.408. The van der Waals surface area contributed by atoms with Crippen LogP contribution in [0.1, 0.15) is 55.4 Å². The average molecular weight is 428 g/mol. The Labute approximate surface area is 175 Å². The van der Waals surface area contributed by atoms with Gasteiger partial charge in [-0.25, -0.2) is 17.8 Å². The maximum Gasteiger partial charge on any atom is 0.279 e. The number of carbonyl (C=O) groups excluding carboxylic acids is 1. The molecule has 1 heterocycles. The third kappa shape index (κ3) is 3.79. The zero-order chi connectivity index (χ0) is 21.3. The van der Waals surface area contributed by atoms with Gasteiger partial charge in [-0.15, -0.1) is 0 Å². The molecule has 3 aromatic rings. The number of nitrogens with zero attached hydrogens (tertiary/aromatic N) is 2. The lowest BCUT2D eigenvalue weighted by Gasteiger charge is -2.26. The molecule has 1 aliphatic rings. The molecule has 0 bridgehead atoms. The summed E-state index contributed by atoms with van der Waals surface area (Å²) in [5.41, 5.74) is 1.46. The predicted octanol–water partition coefficient (Wildman–Crippen LogP) is 3.38. The van der Waals surface area contributed by atoms with Gasteiger partial charge in [-0.1, -0.05) is 37.5 Å². The number of sulfonamides is 1. The van der Waals surface area contributed by atoms with Gasteiger partial charge in [0.15, 0.2) is 0 Å². The smallest absolute Gasteiger partial charge is 0.274 e. The van der Waals surface area contributed by atoms with Gasteiger partial charge in [-0.2, -0.15) is 0 Å². The van der Waals surface area contributed by atoms with Gasteiger partial charge in [-0.05, 0) is 50.1 Å². The van der Waals surface area contributed by atoms with Crippen LogP contribution in [-0.2, 0) is 10.0 Å². The lowest BCUT2D eigenvalue weighted by molar-refractivity contribution is 0.0981. The van der Waals surface area contributed by atoms with Gasteiger partial charge in [0.25, 0.3) is 11.5 Å². The molecule has 1 N–H and O–H groups in total. The number of benzene rings is 2. The maximum absolute atomic E-state index is 13.4. The molecule has 8 heteroatoms. The number of fused-ring (bicyclic) bond motifs is 1. The van der Waals surface area contributed by atoms with E-state index in [2.05, 4.69) is 4.68 Å². The van der Waals surface area contributed by atoms with Crippen molar-refractivity contribution in [2.24, 2.45) is 0 Å². The second kappa shape index (κ2) is 8.10. The molecule has 2 aromatic carbocycles. The number of hydrogen-bond acceptors (Lipinski definition) is 4. The predicted molar refractivity (Wildman–Crippen MR) is 117 cm³/mol. The first-order chi connectivity index (χ1) is 14.4. The Morgan fingerprint density at radius 1 is 1.07 bits per heavy atom. The molecule has 0 radical (unpaired) electrons. The fourth-order valence-corrected chi connectivity index (χ4v) is 4.68. The molecule has 1 saturated carbocycles. The van der Waals surface area contributed by atoms with Crippen LogP contribution in [0.2, 0.25) is 0 Å². The molecule has 0 spiro atoms. The Balaban J connectivity index is 1.88. The molecular weight excluding hydrogens is 402 g/mol. The number of hydrogen-bond donors (Lipinski definition) is 1. The van der Waals surface area contributed by atoms with Gasteiger partial charge >= 0.3 is 0 Å². The summed E-state index contributed by atoms with van der Waals surface area (Å²) in [7, 11) is -3.68. The van der Waals surface area contributed by atoms with Crippen LogP contribution in [0, 0.1) is 0 Å². The largest absolute Gasteiger partial charge is 0.279 e. The average Bonchev–Trinajstić information content (AvgIpc) is 3.06. The first-order valence-electron chi connectivity index (χ1n) is 10.3. The normalized spacial score (nSPS) is 15.4. The van der Waals surface area contributed by atoms with Crippen LogP contribution in [0.25, 0.3) is 16.6 Å². The second-order valence-corrected chi connectivity index (χ2v) is 9.67. The zero-order valence-electron chi connectivity index (χ0n) is 16.9. The van der Waals surface area contributed by atoms with Gasteiger partial charge in [0.1, 0.15) is 0 Å². The number of carbonyl (C=O) groups is 1. The van der Waals surface area contributed by atoms with E-state index in [-0.39, 0.29) is 22.9 Å². The molecule has 0 saturated heterocycles. The molecule has 7 nitrogen and oxygen atoms in total. The van der Waals surface area contributed by atoms with Crippen molar-refractivity contribution in [2.75, 3.05) is 5.75 Å². The lowest BCUT2D eigenvalue weighted by Crippen LogP contribution is -2.31. The SMILES string of the molecule is CCS(=O)(=O)NC(=O)c1ccc2c(c1)c(=O)n(-c1ccccc1)n2C1CCCCC1. The van der Waals surface area contributed by atoms with Crippen molar-refractivity contribution < 1.29 is 13.2 Å². The Bertz CT molecular complexity index is 1240. The van der Waals surface area contributed by atoms with Crippen LogP contribution < -0.4 is 10.3 Å². The maximum atomic E-state index is 13.4. The van der Waals surface area contributed by atoms with Crippen molar-refractivity contribution in [3.63, 3.8) is 0 Å². The van der Waals surface area contributed by atoms with Crippen LogP contribution in [0.15, 0.2) is 53.3 Å². The van der Waals surface area contributed by atoms with Crippen molar-refractivity contribution in [2.45, 2.75) is 45.1 Å². The van der Waals surface area contributed by atoms with Crippen molar-refractivity contribution in [3.05, 3.63) is 64.4 Å². The molecule has 30 heavy (non-hydrogen) atoms. The zero-order valence-corrected chi connectivity index (χ0v) is 17.7.